The highest BCUT2D eigenvalue weighted by atomic mass is 32.2. The van der Waals surface area contributed by atoms with Crippen molar-refractivity contribution in [2.75, 3.05) is 0 Å². The van der Waals surface area contributed by atoms with Gasteiger partial charge >= 0.3 is 6.18 Å². The van der Waals surface area contributed by atoms with Gasteiger partial charge in [-0.2, -0.15) is 13.2 Å². The Hall–Kier alpha value is -3.21. The summed E-state index contributed by atoms with van der Waals surface area (Å²) in [7, 11) is -4.14. The predicted octanol–water partition coefficient (Wildman–Crippen LogP) is 2.77. The third kappa shape index (κ3) is 4.62. The zero-order chi connectivity index (χ0) is 21.2. The fourth-order valence-electron chi connectivity index (χ4n) is 2.38. The van der Waals surface area contributed by atoms with Crippen LogP contribution in [-0.2, 0) is 22.7 Å². The summed E-state index contributed by atoms with van der Waals surface area (Å²) in [5.41, 5.74) is 0.371. The molecule has 1 aromatic carbocycles. The van der Waals surface area contributed by atoms with Crippen LogP contribution in [0.15, 0.2) is 60.0 Å². The van der Waals surface area contributed by atoms with Gasteiger partial charge in [0.15, 0.2) is 0 Å². The molecule has 0 aliphatic carbocycles. The van der Waals surface area contributed by atoms with Gasteiger partial charge in [-0.1, -0.05) is 0 Å². The SMILES string of the molecule is Cc1cnc(CNC(=O)c2ccn(S(=O)(=O)c3ccc(C(F)(F)F)cc3)c2)cn1. The molecule has 1 amide bonds. The summed E-state index contributed by atoms with van der Waals surface area (Å²) < 4.78 is 63.8. The van der Waals surface area contributed by atoms with Gasteiger partial charge in [-0.15, -0.1) is 0 Å². The van der Waals surface area contributed by atoms with Crippen molar-refractivity contribution in [2.24, 2.45) is 0 Å². The quantitative estimate of drug-likeness (QED) is 0.680. The molecule has 0 spiro atoms. The van der Waals surface area contributed by atoms with Crippen molar-refractivity contribution < 1.29 is 26.4 Å². The molecule has 0 bridgehead atoms. The van der Waals surface area contributed by atoms with Crippen molar-refractivity contribution in [2.45, 2.75) is 24.5 Å². The van der Waals surface area contributed by atoms with Crippen LogP contribution >= 0.6 is 0 Å². The molecule has 0 aliphatic rings. The smallest absolute Gasteiger partial charge is 0.346 e. The van der Waals surface area contributed by atoms with Crippen molar-refractivity contribution >= 4 is 15.9 Å². The maximum absolute atomic E-state index is 12.6. The van der Waals surface area contributed by atoms with Crippen LogP contribution in [0.4, 0.5) is 13.2 Å². The third-order valence-corrected chi connectivity index (χ3v) is 5.60. The highest BCUT2D eigenvalue weighted by Crippen LogP contribution is 2.30. The largest absolute Gasteiger partial charge is 0.416 e. The molecular weight excluding hydrogens is 409 g/mol. The molecule has 0 unspecified atom stereocenters. The monoisotopic (exact) mass is 424 g/mol. The van der Waals surface area contributed by atoms with E-state index in [-0.39, 0.29) is 17.0 Å². The molecule has 0 saturated carbocycles. The maximum atomic E-state index is 12.6. The lowest BCUT2D eigenvalue weighted by Gasteiger charge is -2.09. The topological polar surface area (TPSA) is 94.0 Å². The van der Waals surface area contributed by atoms with E-state index < -0.39 is 27.7 Å². The van der Waals surface area contributed by atoms with E-state index in [1.54, 1.807) is 13.1 Å². The number of nitrogens with one attached hydrogen (secondary N) is 1. The lowest BCUT2D eigenvalue weighted by atomic mass is 10.2. The lowest BCUT2D eigenvalue weighted by Crippen LogP contribution is -2.23. The van der Waals surface area contributed by atoms with Crippen LogP contribution in [-0.4, -0.2) is 28.3 Å². The Bertz CT molecular complexity index is 1120. The van der Waals surface area contributed by atoms with E-state index in [0.717, 1.165) is 34.2 Å². The second-order valence-corrected chi connectivity index (χ2v) is 7.93. The van der Waals surface area contributed by atoms with Crippen LogP contribution in [0.1, 0.15) is 27.3 Å². The molecule has 0 fully saturated rings. The highest BCUT2D eigenvalue weighted by molar-refractivity contribution is 7.90. The molecule has 11 heteroatoms. The lowest BCUT2D eigenvalue weighted by molar-refractivity contribution is -0.137. The van der Waals surface area contributed by atoms with Crippen molar-refractivity contribution in [3.8, 4) is 0 Å². The Morgan fingerprint density at radius 3 is 2.38 bits per heavy atom. The minimum atomic E-state index is -4.57. The van der Waals surface area contributed by atoms with Crippen molar-refractivity contribution in [3.05, 3.63) is 77.6 Å². The van der Waals surface area contributed by atoms with Crippen LogP contribution in [0.3, 0.4) is 0 Å². The summed E-state index contributed by atoms with van der Waals surface area (Å²) in [5.74, 6) is -0.534. The second-order valence-electron chi connectivity index (χ2n) is 6.09. The summed E-state index contributed by atoms with van der Waals surface area (Å²) in [4.78, 5) is 20.0. The number of alkyl halides is 3. The Labute approximate surface area is 164 Å². The van der Waals surface area contributed by atoms with Gasteiger partial charge in [0.25, 0.3) is 15.9 Å². The van der Waals surface area contributed by atoms with E-state index >= 15 is 0 Å². The van der Waals surface area contributed by atoms with Crippen LogP contribution < -0.4 is 5.32 Å². The molecule has 0 atom stereocenters. The van der Waals surface area contributed by atoms with Crippen molar-refractivity contribution in [1.82, 2.24) is 19.3 Å². The van der Waals surface area contributed by atoms with Gasteiger partial charge in [-0.3, -0.25) is 14.8 Å². The average molecular weight is 424 g/mol. The van der Waals surface area contributed by atoms with E-state index in [9.17, 15) is 26.4 Å². The number of nitrogens with zero attached hydrogens (tertiary/aromatic N) is 3. The van der Waals surface area contributed by atoms with Gasteiger partial charge in [-0.25, -0.2) is 12.4 Å². The van der Waals surface area contributed by atoms with Crippen molar-refractivity contribution in [1.29, 1.82) is 0 Å². The first-order valence-corrected chi connectivity index (χ1v) is 9.68. The summed E-state index contributed by atoms with van der Waals surface area (Å²) in [5, 5.41) is 2.59. The van der Waals surface area contributed by atoms with E-state index in [1.165, 1.54) is 12.3 Å². The number of aromatic nitrogens is 3. The van der Waals surface area contributed by atoms with Crippen LogP contribution in [0.25, 0.3) is 0 Å². The number of carbonyl (C=O) groups is 1. The summed E-state index contributed by atoms with van der Waals surface area (Å²) in [6.07, 6.45) is 0.726. The molecule has 0 aliphatic heterocycles. The maximum Gasteiger partial charge on any atom is 0.416 e. The third-order valence-electron chi connectivity index (χ3n) is 3.95. The molecule has 152 valence electrons. The number of aryl methyl sites for hydroxylation is 1. The zero-order valence-electron chi connectivity index (χ0n) is 15.0. The fourth-order valence-corrected chi connectivity index (χ4v) is 3.58. The number of rotatable bonds is 5. The number of hydrogen-bond acceptors (Lipinski definition) is 5. The van der Waals surface area contributed by atoms with Crippen LogP contribution in [0.2, 0.25) is 0 Å². The molecule has 2 heterocycles. The molecule has 0 radical (unpaired) electrons. The van der Waals surface area contributed by atoms with E-state index in [4.69, 9.17) is 0 Å². The highest BCUT2D eigenvalue weighted by Gasteiger charge is 2.30. The minimum absolute atomic E-state index is 0.0700. The Kier molecular flexibility index (Phi) is 5.42. The molecule has 3 rings (SSSR count). The van der Waals surface area contributed by atoms with E-state index in [0.29, 0.717) is 17.8 Å². The van der Waals surface area contributed by atoms with E-state index in [2.05, 4.69) is 15.3 Å². The molecule has 3 aromatic rings. The van der Waals surface area contributed by atoms with Crippen LogP contribution in [0, 0.1) is 6.92 Å². The first-order chi connectivity index (χ1) is 13.6. The van der Waals surface area contributed by atoms with Gasteiger partial charge in [-0.05, 0) is 37.3 Å². The fraction of sp³-hybridized carbons (Fsp3) is 0.167. The van der Waals surface area contributed by atoms with Gasteiger partial charge in [0.05, 0.1) is 40.2 Å². The molecule has 2 aromatic heterocycles. The van der Waals surface area contributed by atoms with Gasteiger partial charge in [0.1, 0.15) is 0 Å². The normalized spacial score (nSPS) is 12.0. The summed E-state index contributed by atoms with van der Waals surface area (Å²) in [6, 6.07) is 4.40. The number of amides is 1. The van der Waals surface area contributed by atoms with Gasteiger partial charge < -0.3 is 5.32 Å². The molecule has 1 N–H and O–H groups in total. The molecule has 29 heavy (non-hydrogen) atoms. The first kappa shape index (κ1) is 20.5. The number of hydrogen-bond donors (Lipinski definition) is 1. The average Bonchev–Trinajstić information content (AvgIpc) is 3.18. The number of halogens is 3. The van der Waals surface area contributed by atoms with Crippen molar-refractivity contribution in [3.63, 3.8) is 0 Å². The van der Waals surface area contributed by atoms with Gasteiger partial charge in [0, 0.05) is 18.6 Å². The Morgan fingerprint density at radius 2 is 1.79 bits per heavy atom. The Balaban J connectivity index is 1.74. The Morgan fingerprint density at radius 1 is 1.10 bits per heavy atom. The molecule has 7 nitrogen and oxygen atoms in total. The summed E-state index contributed by atoms with van der Waals surface area (Å²) in [6.45, 7) is 1.87. The van der Waals surface area contributed by atoms with Crippen LogP contribution in [0.5, 0.6) is 0 Å². The first-order valence-electron chi connectivity index (χ1n) is 8.24. The number of benzene rings is 1. The second kappa shape index (κ2) is 7.66. The number of carbonyl (C=O) groups excluding carboxylic acids is 1. The molecule has 0 saturated heterocycles. The predicted molar refractivity (Wildman–Crippen MR) is 96.4 cm³/mol. The summed E-state index contributed by atoms with van der Waals surface area (Å²) >= 11 is 0. The van der Waals surface area contributed by atoms with E-state index in [1.807, 2.05) is 0 Å². The standard InChI is InChI=1S/C18H15F3N4O3S/c1-12-8-23-15(9-22-12)10-24-17(26)13-6-7-25(11-13)29(27,28)16-4-2-14(3-5-16)18(19,20)21/h2-9,11H,10H2,1H3,(H,24,26). The van der Waals surface area contributed by atoms with Gasteiger partial charge in [0.2, 0.25) is 0 Å². The zero-order valence-corrected chi connectivity index (χ0v) is 15.8. The minimum Gasteiger partial charge on any atom is -0.346 e. The molecular formula is C18H15F3N4O3S.